The standard InChI is InChI=1S/C27H30ClN3O5.C19H22ClNO3/c1-4-13-36-25-17-23(30-31(25)3)26(33)29-22(16-24(32)27(34)35-5-2)14-18-9-11-19(12-10-18)20-7-6-8-21(28)15-20;1-2-24-19(23)18(22)12-17(21)10-13-6-8-14(9-7-13)15-4-3-5-16(20)11-15/h4,6-12,15,17,22,24,32H,1,5,13-14,16H2,2-3H3,(H,29,33);3-9,11,17-18,22H,2,10,12,21H2,1H3/t22-,24-;17-,18-/m11/s1. The Hall–Kier alpha value is -5.50. The number of nitrogens with one attached hydrogen (secondary N) is 1. The molecule has 0 fully saturated rings. The lowest BCUT2D eigenvalue weighted by Gasteiger charge is -2.21. The van der Waals surface area contributed by atoms with Gasteiger partial charge in [-0.2, -0.15) is 5.10 Å². The van der Waals surface area contributed by atoms with Gasteiger partial charge in [0.15, 0.2) is 17.9 Å². The van der Waals surface area contributed by atoms with Gasteiger partial charge >= 0.3 is 11.9 Å². The van der Waals surface area contributed by atoms with E-state index in [9.17, 15) is 24.6 Å². The summed E-state index contributed by atoms with van der Waals surface area (Å²) >= 11 is 12.1. The van der Waals surface area contributed by atoms with Gasteiger partial charge in [0, 0.05) is 41.7 Å². The van der Waals surface area contributed by atoms with Gasteiger partial charge in [-0.15, -0.1) is 0 Å². The molecule has 0 saturated heterocycles. The molecule has 0 unspecified atom stereocenters. The highest BCUT2D eigenvalue weighted by atomic mass is 35.5. The van der Waals surface area contributed by atoms with E-state index < -0.39 is 36.1 Å². The van der Waals surface area contributed by atoms with E-state index in [1.807, 2.05) is 97.1 Å². The lowest BCUT2D eigenvalue weighted by atomic mass is 9.97. The zero-order valence-electron chi connectivity index (χ0n) is 33.9. The molecule has 14 heteroatoms. The van der Waals surface area contributed by atoms with Gasteiger partial charge in [0.25, 0.3) is 5.91 Å². The van der Waals surface area contributed by atoms with Crippen molar-refractivity contribution in [2.45, 2.75) is 63.8 Å². The summed E-state index contributed by atoms with van der Waals surface area (Å²) in [7, 11) is 1.67. The van der Waals surface area contributed by atoms with Gasteiger partial charge in [0.1, 0.15) is 6.61 Å². The molecule has 4 aromatic carbocycles. The highest BCUT2D eigenvalue weighted by Gasteiger charge is 2.25. The van der Waals surface area contributed by atoms with Gasteiger partial charge < -0.3 is 35.5 Å². The number of nitrogens with two attached hydrogens (primary N) is 1. The Morgan fingerprint density at radius 1 is 0.767 bits per heavy atom. The minimum absolute atomic E-state index is 0.0206. The Kier molecular flexibility index (Phi) is 18.8. The Balaban J connectivity index is 0.000000287. The number of aromatic nitrogens is 2. The molecule has 5 N–H and O–H groups in total. The predicted octanol–water partition coefficient (Wildman–Crippen LogP) is 7.15. The first-order valence-corrected chi connectivity index (χ1v) is 20.3. The molecule has 0 bridgehead atoms. The number of amides is 1. The second-order valence-corrected chi connectivity index (χ2v) is 14.7. The third-order valence-electron chi connectivity index (χ3n) is 9.11. The van der Waals surface area contributed by atoms with Crippen LogP contribution in [0.5, 0.6) is 5.88 Å². The van der Waals surface area contributed by atoms with Crippen LogP contribution < -0.4 is 15.8 Å². The zero-order chi connectivity index (χ0) is 43.6. The number of nitrogens with zero attached hydrogens (tertiary/aromatic N) is 2. The molecule has 12 nitrogen and oxygen atoms in total. The third-order valence-corrected chi connectivity index (χ3v) is 9.58. The van der Waals surface area contributed by atoms with Crippen molar-refractivity contribution < 1.29 is 38.8 Å². The number of carbonyl (C=O) groups is 3. The number of aryl methyl sites for hydroxylation is 1. The molecule has 5 aromatic rings. The molecule has 0 aliphatic heterocycles. The first-order chi connectivity index (χ1) is 28.8. The summed E-state index contributed by atoms with van der Waals surface area (Å²) in [5.41, 5.74) is 12.2. The van der Waals surface area contributed by atoms with Crippen LogP contribution in [0.25, 0.3) is 22.3 Å². The summed E-state index contributed by atoms with van der Waals surface area (Å²) in [4.78, 5) is 36.4. The minimum atomic E-state index is -1.38. The first-order valence-electron chi connectivity index (χ1n) is 19.5. The lowest BCUT2D eigenvalue weighted by molar-refractivity contribution is -0.154. The quantitative estimate of drug-likeness (QED) is 0.0493. The zero-order valence-corrected chi connectivity index (χ0v) is 35.4. The average molecular weight is 860 g/mol. The van der Waals surface area contributed by atoms with Crippen LogP contribution in [0.15, 0.2) is 116 Å². The summed E-state index contributed by atoms with van der Waals surface area (Å²) in [6.07, 6.45) is 0.151. The Bertz CT molecular complexity index is 2160. The van der Waals surface area contributed by atoms with Crippen molar-refractivity contribution in [2.75, 3.05) is 19.8 Å². The van der Waals surface area contributed by atoms with E-state index in [0.717, 1.165) is 33.4 Å². The molecule has 0 saturated carbocycles. The molecular formula is C46H52Cl2N4O8. The van der Waals surface area contributed by atoms with Crippen molar-refractivity contribution in [1.29, 1.82) is 0 Å². The van der Waals surface area contributed by atoms with Crippen molar-refractivity contribution in [3.8, 4) is 28.1 Å². The van der Waals surface area contributed by atoms with E-state index in [-0.39, 0.29) is 44.4 Å². The lowest BCUT2D eigenvalue weighted by Crippen LogP contribution is -2.41. The van der Waals surface area contributed by atoms with Crippen molar-refractivity contribution in [3.05, 3.63) is 143 Å². The van der Waals surface area contributed by atoms with Crippen LogP contribution in [0.4, 0.5) is 0 Å². The second-order valence-electron chi connectivity index (χ2n) is 13.9. The number of benzene rings is 4. The molecule has 60 heavy (non-hydrogen) atoms. The molecule has 0 aliphatic rings. The van der Waals surface area contributed by atoms with E-state index in [0.29, 0.717) is 28.8 Å². The first kappa shape index (κ1) is 47.2. The highest BCUT2D eigenvalue weighted by molar-refractivity contribution is 6.31. The summed E-state index contributed by atoms with van der Waals surface area (Å²) in [5.74, 6) is -1.38. The number of aliphatic hydroxyl groups is 2. The van der Waals surface area contributed by atoms with Crippen LogP contribution in [-0.4, -0.2) is 82.0 Å². The van der Waals surface area contributed by atoms with Crippen LogP contribution in [0, 0.1) is 0 Å². The van der Waals surface area contributed by atoms with E-state index >= 15 is 0 Å². The van der Waals surface area contributed by atoms with E-state index in [1.165, 1.54) is 10.7 Å². The van der Waals surface area contributed by atoms with Crippen LogP contribution in [-0.2, 0) is 39.0 Å². The maximum absolute atomic E-state index is 13.0. The number of aliphatic hydroxyl groups excluding tert-OH is 2. The Morgan fingerprint density at radius 2 is 1.27 bits per heavy atom. The van der Waals surface area contributed by atoms with Gasteiger partial charge in [0.05, 0.1) is 13.2 Å². The van der Waals surface area contributed by atoms with Crippen LogP contribution >= 0.6 is 23.2 Å². The van der Waals surface area contributed by atoms with Crippen LogP contribution in [0.1, 0.15) is 48.3 Å². The van der Waals surface area contributed by atoms with E-state index in [2.05, 4.69) is 17.0 Å². The van der Waals surface area contributed by atoms with Gasteiger partial charge in [0.2, 0.25) is 5.88 Å². The number of ether oxygens (including phenoxy) is 3. The second kappa shape index (κ2) is 23.9. The molecule has 1 amide bonds. The van der Waals surface area contributed by atoms with E-state index in [4.69, 9.17) is 43.1 Å². The Morgan fingerprint density at radius 3 is 1.75 bits per heavy atom. The smallest absolute Gasteiger partial charge is 0.335 e. The molecular weight excluding hydrogens is 807 g/mol. The maximum Gasteiger partial charge on any atom is 0.335 e. The fourth-order valence-corrected chi connectivity index (χ4v) is 6.57. The average Bonchev–Trinajstić information content (AvgIpc) is 3.61. The number of halogens is 2. The summed E-state index contributed by atoms with van der Waals surface area (Å²) in [5, 5.41) is 28.5. The minimum Gasteiger partial charge on any atom is -0.474 e. The van der Waals surface area contributed by atoms with E-state index in [1.54, 1.807) is 27.0 Å². The maximum atomic E-state index is 13.0. The topological polar surface area (TPSA) is 175 Å². The van der Waals surface area contributed by atoms with Crippen molar-refractivity contribution in [3.63, 3.8) is 0 Å². The molecule has 4 atom stereocenters. The largest absolute Gasteiger partial charge is 0.474 e. The summed E-state index contributed by atoms with van der Waals surface area (Å²) in [6, 6.07) is 31.7. The van der Waals surface area contributed by atoms with Crippen LogP contribution in [0.3, 0.4) is 0 Å². The number of carbonyl (C=O) groups excluding carboxylic acids is 3. The molecule has 5 rings (SSSR count). The van der Waals surface area contributed by atoms with Crippen LogP contribution in [0.2, 0.25) is 10.0 Å². The fourth-order valence-electron chi connectivity index (χ4n) is 6.19. The molecule has 0 spiro atoms. The molecule has 1 heterocycles. The number of hydrogen-bond donors (Lipinski definition) is 4. The highest BCUT2D eigenvalue weighted by Crippen LogP contribution is 2.25. The van der Waals surface area contributed by atoms with Gasteiger partial charge in [-0.25, -0.2) is 14.3 Å². The molecule has 318 valence electrons. The normalized spacial score (nSPS) is 12.8. The summed E-state index contributed by atoms with van der Waals surface area (Å²) in [6.45, 7) is 7.65. The number of rotatable bonds is 19. The monoisotopic (exact) mass is 858 g/mol. The molecule has 0 aliphatic carbocycles. The van der Waals surface area contributed by atoms with Gasteiger partial charge in [-0.05, 0) is 90.8 Å². The third kappa shape index (κ3) is 15.0. The van der Waals surface area contributed by atoms with Crippen molar-refractivity contribution >= 4 is 41.0 Å². The summed E-state index contributed by atoms with van der Waals surface area (Å²) < 4.78 is 16.6. The van der Waals surface area contributed by atoms with Crippen molar-refractivity contribution in [1.82, 2.24) is 15.1 Å². The Labute approximate surface area is 360 Å². The number of esters is 2. The van der Waals surface area contributed by atoms with Gasteiger partial charge in [-0.3, -0.25) is 4.79 Å². The fraction of sp³-hybridized carbons (Fsp3) is 0.304. The SMILES string of the molecule is C=CCOc1cc(C(=O)N[C@H](Cc2ccc(-c3cccc(Cl)c3)cc2)C[C@@H](O)C(=O)OCC)nn1C.CCOC(=O)[C@H](O)C[C@H](N)Cc1ccc(-c2cccc(Cl)c2)cc1. The van der Waals surface area contributed by atoms with Crippen molar-refractivity contribution in [2.24, 2.45) is 12.8 Å². The molecule has 0 radical (unpaired) electrons. The molecule has 1 aromatic heterocycles. The number of hydrogen-bond acceptors (Lipinski definition) is 10. The predicted molar refractivity (Wildman–Crippen MR) is 234 cm³/mol. The van der Waals surface area contributed by atoms with Gasteiger partial charge in [-0.1, -0.05) is 109 Å².